The largest absolute Gasteiger partial charge is 0.486 e. The minimum atomic E-state index is 0.592. The zero-order valence-electron chi connectivity index (χ0n) is 15.9. The molecule has 0 saturated carbocycles. The molecule has 0 saturated heterocycles. The van der Waals surface area contributed by atoms with Crippen molar-refractivity contribution in [2.75, 3.05) is 18.5 Å². The number of nitrogens with zero attached hydrogens (tertiary/aromatic N) is 2. The Morgan fingerprint density at radius 2 is 2.00 bits per heavy atom. The molecule has 2 aliphatic rings. The number of fused-ring (bicyclic) bond motifs is 4. The normalized spacial score (nSPS) is 18.4. The lowest BCUT2D eigenvalue weighted by atomic mass is 9.85. The molecule has 0 fully saturated rings. The Balaban J connectivity index is 1.48. The number of ether oxygens (including phenoxy) is 2. The van der Waals surface area contributed by atoms with Gasteiger partial charge in [-0.1, -0.05) is 13.3 Å². The zero-order chi connectivity index (χ0) is 18.4. The summed E-state index contributed by atoms with van der Waals surface area (Å²) in [5.74, 6) is 3.24. The highest BCUT2D eigenvalue weighted by Gasteiger charge is 2.24. The number of aryl methyl sites for hydroxylation is 1. The summed E-state index contributed by atoms with van der Waals surface area (Å²) in [6, 6.07) is 10.2. The second-order valence-corrected chi connectivity index (χ2v) is 7.55. The van der Waals surface area contributed by atoms with Crippen LogP contribution in [0.2, 0.25) is 0 Å². The smallest absolute Gasteiger partial charge is 0.163 e. The van der Waals surface area contributed by atoms with Gasteiger partial charge in [0.1, 0.15) is 24.7 Å². The van der Waals surface area contributed by atoms with Crippen LogP contribution in [-0.4, -0.2) is 22.8 Å². The van der Waals surface area contributed by atoms with Gasteiger partial charge in [0.25, 0.3) is 0 Å². The monoisotopic (exact) mass is 363 g/mol. The number of nitrogens with one attached hydrogen (secondary N) is 1. The standard InChI is InChI=1S/C22H25N3O2/c1-3-14-4-7-18-17(12-14)16-6-9-21(24-22(16)25(18)2)23-15-5-8-19-20(13-15)27-11-10-26-19/h5-6,8-9,13-14H,3-4,7,10-12H2,1-2H3,(H,23,24). The van der Waals surface area contributed by atoms with E-state index in [1.165, 1.54) is 35.9 Å². The predicted molar refractivity (Wildman–Crippen MR) is 107 cm³/mol. The molecule has 1 aliphatic carbocycles. The van der Waals surface area contributed by atoms with E-state index in [1.807, 2.05) is 18.2 Å². The molecule has 140 valence electrons. The number of hydrogen-bond donors (Lipinski definition) is 1. The molecular weight excluding hydrogens is 338 g/mol. The molecule has 1 atom stereocenters. The van der Waals surface area contributed by atoms with Crippen LogP contribution in [0.1, 0.15) is 31.0 Å². The van der Waals surface area contributed by atoms with E-state index < -0.39 is 0 Å². The van der Waals surface area contributed by atoms with Gasteiger partial charge in [-0.15, -0.1) is 0 Å². The van der Waals surface area contributed by atoms with Crippen LogP contribution in [0, 0.1) is 5.92 Å². The maximum Gasteiger partial charge on any atom is 0.163 e. The second kappa shape index (κ2) is 6.48. The minimum absolute atomic E-state index is 0.592. The van der Waals surface area contributed by atoms with Crippen molar-refractivity contribution in [1.82, 2.24) is 9.55 Å². The molecule has 0 radical (unpaired) electrons. The summed E-state index contributed by atoms with van der Waals surface area (Å²) in [6.45, 7) is 3.50. The van der Waals surface area contributed by atoms with Gasteiger partial charge in [-0.05, 0) is 55.0 Å². The quantitative estimate of drug-likeness (QED) is 0.739. The summed E-state index contributed by atoms with van der Waals surface area (Å²) in [7, 11) is 2.15. The molecule has 1 aliphatic heterocycles. The van der Waals surface area contributed by atoms with E-state index >= 15 is 0 Å². The fourth-order valence-corrected chi connectivity index (χ4v) is 4.39. The van der Waals surface area contributed by atoms with Crippen LogP contribution in [0.15, 0.2) is 30.3 Å². The van der Waals surface area contributed by atoms with Crippen molar-refractivity contribution in [3.63, 3.8) is 0 Å². The number of rotatable bonds is 3. The molecule has 3 aromatic rings. The Labute approximate surface area is 159 Å². The zero-order valence-corrected chi connectivity index (χ0v) is 15.9. The Morgan fingerprint density at radius 1 is 1.15 bits per heavy atom. The molecule has 1 unspecified atom stereocenters. The Bertz CT molecular complexity index is 1010. The van der Waals surface area contributed by atoms with Gasteiger partial charge in [0.15, 0.2) is 11.5 Å². The van der Waals surface area contributed by atoms with Gasteiger partial charge >= 0.3 is 0 Å². The molecule has 5 nitrogen and oxygen atoms in total. The molecule has 5 rings (SSSR count). The lowest BCUT2D eigenvalue weighted by Crippen LogP contribution is -2.15. The van der Waals surface area contributed by atoms with Gasteiger partial charge in [-0.3, -0.25) is 0 Å². The number of anilines is 2. The Kier molecular flexibility index (Phi) is 3.96. The third-order valence-corrected chi connectivity index (χ3v) is 5.95. The topological polar surface area (TPSA) is 48.3 Å². The summed E-state index contributed by atoms with van der Waals surface area (Å²) in [5.41, 5.74) is 4.98. The van der Waals surface area contributed by atoms with E-state index in [9.17, 15) is 0 Å². The lowest BCUT2D eigenvalue weighted by Gasteiger charge is -2.21. The van der Waals surface area contributed by atoms with Crippen LogP contribution in [0.4, 0.5) is 11.5 Å². The van der Waals surface area contributed by atoms with Crippen molar-refractivity contribution < 1.29 is 9.47 Å². The molecule has 5 heteroatoms. The van der Waals surface area contributed by atoms with E-state index in [0.717, 1.165) is 41.0 Å². The molecule has 1 aromatic carbocycles. The van der Waals surface area contributed by atoms with Gasteiger partial charge < -0.3 is 19.4 Å². The van der Waals surface area contributed by atoms with Gasteiger partial charge in [-0.25, -0.2) is 4.98 Å². The van der Waals surface area contributed by atoms with Crippen molar-refractivity contribution >= 4 is 22.5 Å². The molecule has 27 heavy (non-hydrogen) atoms. The highest BCUT2D eigenvalue weighted by Crippen LogP contribution is 2.36. The van der Waals surface area contributed by atoms with Crippen LogP contribution >= 0.6 is 0 Å². The van der Waals surface area contributed by atoms with Gasteiger partial charge in [0.2, 0.25) is 0 Å². The van der Waals surface area contributed by atoms with Gasteiger partial charge in [0, 0.05) is 29.9 Å². The van der Waals surface area contributed by atoms with Crippen LogP contribution in [0.5, 0.6) is 11.5 Å². The Morgan fingerprint density at radius 3 is 2.85 bits per heavy atom. The highest BCUT2D eigenvalue weighted by molar-refractivity contribution is 5.84. The lowest BCUT2D eigenvalue weighted by molar-refractivity contribution is 0.171. The number of benzene rings is 1. The van der Waals surface area contributed by atoms with E-state index in [1.54, 1.807) is 0 Å². The van der Waals surface area contributed by atoms with E-state index in [4.69, 9.17) is 14.5 Å². The molecule has 2 aromatic heterocycles. The number of hydrogen-bond acceptors (Lipinski definition) is 4. The summed E-state index contributed by atoms with van der Waals surface area (Å²) in [5, 5.41) is 4.72. The van der Waals surface area contributed by atoms with Crippen LogP contribution in [0.3, 0.4) is 0 Å². The fraction of sp³-hybridized carbons (Fsp3) is 0.409. The van der Waals surface area contributed by atoms with Crippen LogP contribution < -0.4 is 14.8 Å². The summed E-state index contributed by atoms with van der Waals surface area (Å²) < 4.78 is 13.6. The van der Waals surface area contributed by atoms with Crippen molar-refractivity contribution in [1.29, 1.82) is 0 Å². The van der Waals surface area contributed by atoms with Gasteiger partial charge in [0.05, 0.1) is 0 Å². The highest BCUT2D eigenvalue weighted by atomic mass is 16.6. The first-order valence-electron chi connectivity index (χ1n) is 9.86. The molecular formula is C22H25N3O2. The van der Waals surface area contributed by atoms with Gasteiger partial charge in [-0.2, -0.15) is 0 Å². The molecule has 0 spiro atoms. The van der Waals surface area contributed by atoms with E-state index in [0.29, 0.717) is 13.2 Å². The number of pyridine rings is 1. The van der Waals surface area contributed by atoms with Crippen LogP contribution in [-0.2, 0) is 19.9 Å². The van der Waals surface area contributed by atoms with E-state index in [2.05, 4.69) is 36.0 Å². The minimum Gasteiger partial charge on any atom is -0.486 e. The van der Waals surface area contributed by atoms with Crippen LogP contribution in [0.25, 0.3) is 11.0 Å². The SMILES string of the molecule is CCC1CCc2c(c3ccc(Nc4ccc5c(c4)OCCO5)nc3n2C)C1. The first-order chi connectivity index (χ1) is 13.2. The maximum absolute atomic E-state index is 5.68. The maximum atomic E-state index is 5.68. The van der Waals surface area contributed by atoms with Crippen molar-refractivity contribution in [3.05, 3.63) is 41.6 Å². The predicted octanol–water partition coefficient (Wildman–Crippen LogP) is 4.60. The average molecular weight is 363 g/mol. The summed E-state index contributed by atoms with van der Waals surface area (Å²) >= 11 is 0. The van der Waals surface area contributed by atoms with E-state index in [-0.39, 0.29) is 0 Å². The molecule has 3 heterocycles. The first-order valence-corrected chi connectivity index (χ1v) is 9.86. The molecule has 0 bridgehead atoms. The Hall–Kier alpha value is -2.69. The summed E-state index contributed by atoms with van der Waals surface area (Å²) in [6.07, 6.45) is 4.88. The number of aromatic nitrogens is 2. The van der Waals surface area contributed by atoms with Crippen molar-refractivity contribution in [2.45, 2.75) is 32.6 Å². The third kappa shape index (κ3) is 2.82. The summed E-state index contributed by atoms with van der Waals surface area (Å²) in [4.78, 5) is 4.92. The molecule has 0 amide bonds. The average Bonchev–Trinajstić information content (AvgIpc) is 2.99. The first kappa shape index (κ1) is 16.5. The second-order valence-electron chi connectivity index (χ2n) is 7.55. The van der Waals surface area contributed by atoms with Crippen molar-refractivity contribution in [3.8, 4) is 11.5 Å². The molecule has 1 N–H and O–H groups in total. The van der Waals surface area contributed by atoms with Crippen molar-refractivity contribution in [2.24, 2.45) is 13.0 Å². The third-order valence-electron chi connectivity index (χ3n) is 5.95. The fourth-order valence-electron chi connectivity index (χ4n) is 4.39.